The van der Waals surface area contributed by atoms with Gasteiger partial charge in [-0.1, -0.05) is 30.3 Å². The molecule has 4 aromatic heterocycles. The van der Waals surface area contributed by atoms with Crippen molar-refractivity contribution < 1.29 is 9.50 Å². The fourth-order valence-corrected chi connectivity index (χ4v) is 3.62. The number of aliphatic hydroxyl groups is 1. The van der Waals surface area contributed by atoms with Gasteiger partial charge in [0, 0.05) is 36.6 Å². The number of rotatable bonds is 4. The van der Waals surface area contributed by atoms with Gasteiger partial charge in [-0.05, 0) is 18.2 Å². The SMILES string of the molecule is Cn1cc(-c2c(-c3ccccc3)nc(N)n3nc(C(O)c4ncccc4F)nc23)ccc1=O. The number of aryl methyl sites for hydroxylation is 1. The summed E-state index contributed by atoms with van der Waals surface area (Å²) < 4.78 is 16.9. The molecule has 0 aliphatic carbocycles. The summed E-state index contributed by atoms with van der Waals surface area (Å²) in [6.45, 7) is 0. The Balaban J connectivity index is 1.80. The molecule has 1 atom stereocenters. The van der Waals surface area contributed by atoms with E-state index in [0.717, 1.165) is 5.56 Å². The number of aromatic nitrogens is 6. The number of halogens is 1. The number of pyridine rings is 2. The van der Waals surface area contributed by atoms with E-state index in [-0.39, 0.29) is 23.0 Å². The van der Waals surface area contributed by atoms with E-state index in [1.54, 1.807) is 19.3 Å². The number of aliphatic hydroxyl groups excluding tert-OH is 1. The molecule has 4 heterocycles. The van der Waals surface area contributed by atoms with Crippen molar-refractivity contribution in [3.63, 3.8) is 0 Å². The van der Waals surface area contributed by atoms with Crippen LogP contribution in [0.15, 0.2) is 71.8 Å². The maximum atomic E-state index is 14.2. The maximum absolute atomic E-state index is 14.2. The van der Waals surface area contributed by atoms with E-state index in [2.05, 4.69) is 20.1 Å². The highest BCUT2D eigenvalue weighted by molar-refractivity contribution is 5.90. The highest BCUT2D eigenvalue weighted by atomic mass is 19.1. The van der Waals surface area contributed by atoms with Crippen LogP contribution in [0, 0.1) is 5.82 Å². The number of anilines is 1. The summed E-state index contributed by atoms with van der Waals surface area (Å²) >= 11 is 0. The summed E-state index contributed by atoms with van der Waals surface area (Å²) in [5.74, 6) is -0.736. The van der Waals surface area contributed by atoms with Gasteiger partial charge in [-0.3, -0.25) is 9.78 Å². The lowest BCUT2D eigenvalue weighted by molar-refractivity contribution is 0.199. The van der Waals surface area contributed by atoms with E-state index in [4.69, 9.17) is 5.73 Å². The quantitative estimate of drug-likeness (QED) is 0.437. The zero-order valence-corrected chi connectivity index (χ0v) is 17.4. The van der Waals surface area contributed by atoms with Gasteiger partial charge in [0.2, 0.25) is 11.5 Å². The van der Waals surface area contributed by atoms with Crippen LogP contribution in [-0.4, -0.2) is 34.2 Å². The average molecular weight is 443 g/mol. The van der Waals surface area contributed by atoms with Gasteiger partial charge in [0.1, 0.15) is 11.5 Å². The first-order chi connectivity index (χ1) is 15.9. The normalized spacial score (nSPS) is 12.2. The summed E-state index contributed by atoms with van der Waals surface area (Å²) in [6, 6.07) is 15.1. The third kappa shape index (κ3) is 3.52. The Morgan fingerprint density at radius 1 is 1.03 bits per heavy atom. The number of hydrogen-bond donors (Lipinski definition) is 2. The first kappa shape index (κ1) is 20.5. The average Bonchev–Trinajstić information content (AvgIpc) is 3.27. The van der Waals surface area contributed by atoms with Crippen molar-refractivity contribution in [2.45, 2.75) is 6.10 Å². The Kier molecular flexibility index (Phi) is 4.91. The number of nitrogen functional groups attached to an aromatic ring is 1. The molecule has 0 aliphatic heterocycles. The predicted molar refractivity (Wildman–Crippen MR) is 120 cm³/mol. The van der Waals surface area contributed by atoms with Crippen LogP contribution >= 0.6 is 0 Å². The number of benzene rings is 1. The lowest BCUT2D eigenvalue weighted by atomic mass is 10.0. The second-order valence-corrected chi connectivity index (χ2v) is 7.40. The predicted octanol–water partition coefficient (Wildman–Crippen LogP) is 2.35. The van der Waals surface area contributed by atoms with Crippen LogP contribution in [0.5, 0.6) is 0 Å². The van der Waals surface area contributed by atoms with Gasteiger partial charge in [0.15, 0.2) is 17.6 Å². The highest BCUT2D eigenvalue weighted by Crippen LogP contribution is 2.35. The topological polar surface area (TPSA) is 124 Å². The minimum absolute atomic E-state index is 0.0323. The first-order valence-electron chi connectivity index (χ1n) is 10.0. The molecule has 5 aromatic rings. The summed E-state index contributed by atoms with van der Waals surface area (Å²) in [7, 11) is 1.64. The van der Waals surface area contributed by atoms with E-state index in [1.165, 1.54) is 33.5 Å². The van der Waals surface area contributed by atoms with Gasteiger partial charge >= 0.3 is 0 Å². The molecule has 1 unspecified atom stereocenters. The Labute approximate surface area is 186 Å². The Hall–Kier alpha value is -4.44. The monoisotopic (exact) mass is 443 g/mol. The largest absolute Gasteiger partial charge is 0.378 e. The first-order valence-corrected chi connectivity index (χ1v) is 10.0. The van der Waals surface area contributed by atoms with E-state index in [1.807, 2.05) is 30.3 Å². The van der Waals surface area contributed by atoms with Crippen molar-refractivity contribution in [1.29, 1.82) is 0 Å². The third-order valence-electron chi connectivity index (χ3n) is 5.24. The van der Waals surface area contributed by atoms with Crippen LogP contribution in [0.2, 0.25) is 0 Å². The van der Waals surface area contributed by atoms with E-state index >= 15 is 0 Å². The highest BCUT2D eigenvalue weighted by Gasteiger charge is 2.25. The van der Waals surface area contributed by atoms with Gasteiger partial charge < -0.3 is 15.4 Å². The fraction of sp³-hybridized carbons (Fsp3) is 0.0870. The Morgan fingerprint density at radius 2 is 1.82 bits per heavy atom. The minimum atomic E-state index is -1.52. The molecule has 9 nitrogen and oxygen atoms in total. The second-order valence-electron chi connectivity index (χ2n) is 7.40. The molecule has 164 valence electrons. The number of hydrogen-bond acceptors (Lipinski definition) is 7. The van der Waals surface area contributed by atoms with E-state index in [0.29, 0.717) is 22.5 Å². The zero-order chi connectivity index (χ0) is 23.1. The van der Waals surface area contributed by atoms with Gasteiger partial charge in [0.25, 0.3) is 0 Å². The van der Waals surface area contributed by atoms with E-state index in [9.17, 15) is 14.3 Å². The molecular weight excluding hydrogens is 425 g/mol. The lowest BCUT2D eigenvalue weighted by Gasteiger charge is -2.12. The molecular formula is C23H18FN7O2. The molecule has 10 heteroatoms. The van der Waals surface area contributed by atoms with Crippen molar-refractivity contribution >= 4 is 11.6 Å². The molecule has 0 amide bonds. The summed E-state index contributed by atoms with van der Waals surface area (Å²) in [6.07, 6.45) is 1.51. The molecule has 0 spiro atoms. The van der Waals surface area contributed by atoms with Crippen LogP contribution in [0.4, 0.5) is 10.3 Å². The minimum Gasteiger partial charge on any atom is -0.378 e. The maximum Gasteiger partial charge on any atom is 0.250 e. The molecule has 0 saturated carbocycles. The molecule has 3 N–H and O–H groups in total. The molecule has 0 saturated heterocycles. The van der Waals surface area contributed by atoms with Gasteiger partial charge in [-0.25, -0.2) is 14.4 Å². The third-order valence-corrected chi connectivity index (χ3v) is 5.24. The number of nitrogens with zero attached hydrogens (tertiary/aromatic N) is 6. The van der Waals surface area contributed by atoms with Crippen molar-refractivity contribution in [3.05, 3.63) is 94.7 Å². The van der Waals surface area contributed by atoms with Crippen molar-refractivity contribution in [1.82, 2.24) is 29.1 Å². The molecule has 1 aromatic carbocycles. The number of nitrogens with two attached hydrogens (primary N) is 1. The summed E-state index contributed by atoms with van der Waals surface area (Å²) in [5.41, 5.74) is 8.61. The number of fused-ring (bicyclic) bond motifs is 1. The van der Waals surface area contributed by atoms with Crippen LogP contribution in [0.3, 0.4) is 0 Å². The molecule has 0 bridgehead atoms. The Morgan fingerprint density at radius 3 is 2.55 bits per heavy atom. The van der Waals surface area contributed by atoms with Gasteiger partial charge in [-0.15, -0.1) is 5.10 Å². The standard InChI is InChI=1S/C23H18FN7O2/c1-30-12-14(9-10-16(30)32)17-18(13-6-3-2-4-7-13)27-23(25)31-22(17)28-21(29-31)20(33)19-15(24)8-5-11-26-19/h2-12,20,33H,1H3,(H2,25,27). The summed E-state index contributed by atoms with van der Waals surface area (Å²) in [5, 5.41) is 15.0. The van der Waals surface area contributed by atoms with Crippen molar-refractivity contribution in [3.8, 4) is 22.4 Å². The summed E-state index contributed by atoms with van der Waals surface area (Å²) in [4.78, 5) is 24.9. The van der Waals surface area contributed by atoms with Crippen molar-refractivity contribution in [2.24, 2.45) is 7.05 Å². The molecule has 5 rings (SSSR count). The van der Waals surface area contributed by atoms with Gasteiger partial charge in [-0.2, -0.15) is 4.52 Å². The van der Waals surface area contributed by atoms with Crippen LogP contribution in [-0.2, 0) is 7.05 Å². The smallest absolute Gasteiger partial charge is 0.250 e. The molecule has 0 aliphatic rings. The lowest BCUT2D eigenvalue weighted by Crippen LogP contribution is -2.14. The van der Waals surface area contributed by atoms with Crippen LogP contribution < -0.4 is 11.3 Å². The molecule has 0 radical (unpaired) electrons. The van der Waals surface area contributed by atoms with Crippen molar-refractivity contribution in [2.75, 3.05) is 5.73 Å². The fourth-order valence-electron chi connectivity index (χ4n) is 3.62. The molecule has 33 heavy (non-hydrogen) atoms. The van der Waals surface area contributed by atoms with Crippen LogP contribution in [0.25, 0.3) is 28.0 Å². The Bertz CT molecular complexity index is 1550. The second kappa shape index (κ2) is 7.92. The zero-order valence-electron chi connectivity index (χ0n) is 17.4. The van der Waals surface area contributed by atoms with Gasteiger partial charge in [0.05, 0.1) is 11.3 Å². The van der Waals surface area contributed by atoms with E-state index < -0.39 is 11.9 Å². The molecule has 0 fully saturated rings. The van der Waals surface area contributed by atoms with Crippen LogP contribution in [0.1, 0.15) is 17.6 Å².